The first kappa shape index (κ1) is 9.07. The van der Waals surface area contributed by atoms with Crippen molar-refractivity contribution in [3.63, 3.8) is 0 Å². The van der Waals surface area contributed by atoms with E-state index in [1.54, 1.807) is 0 Å². The van der Waals surface area contributed by atoms with Crippen LogP contribution in [-0.4, -0.2) is 4.98 Å². The minimum Gasteiger partial charge on any atom is -0.444 e. The van der Waals surface area contributed by atoms with Crippen LogP contribution in [0, 0.1) is 5.92 Å². The van der Waals surface area contributed by atoms with E-state index < -0.39 is 0 Å². The van der Waals surface area contributed by atoms with E-state index in [2.05, 4.69) is 11.9 Å². The summed E-state index contributed by atoms with van der Waals surface area (Å²) >= 11 is 5.63. The number of hydrogen-bond donors (Lipinski definition) is 0. The van der Waals surface area contributed by atoms with Gasteiger partial charge in [-0.1, -0.05) is 13.3 Å². The highest BCUT2D eigenvalue weighted by molar-refractivity contribution is 6.16. The number of halogens is 1. The quantitative estimate of drug-likeness (QED) is 0.683. The monoisotopic (exact) mass is 199 g/mol. The first-order chi connectivity index (χ1) is 6.31. The van der Waals surface area contributed by atoms with Crippen LogP contribution in [0.3, 0.4) is 0 Å². The molecule has 1 aliphatic rings. The van der Waals surface area contributed by atoms with E-state index in [1.807, 2.05) is 6.20 Å². The molecular formula is C10H14ClNO. The Labute approximate surface area is 83.3 Å². The highest BCUT2D eigenvalue weighted by Crippen LogP contribution is 2.39. The Morgan fingerprint density at radius 1 is 1.62 bits per heavy atom. The molecular weight excluding hydrogens is 186 g/mol. The van der Waals surface area contributed by atoms with Gasteiger partial charge in [0.25, 0.3) is 0 Å². The maximum absolute atomic E-state index is 5.63. The van der Waals surface area contributed by atoms with Gasteiger partial charge in [0.15, 0.2) is 0 Å². The van der Waals surface area contributed by atoms with E-state index >= 15 is 0 Å². The molecule has 0 aliphatic heterocycles. The second-order valence-electron chi connectivity index (χ2n) is 3.80. The van der Waals surface area contributed by atoms with Crippen LogP contribution >= 0.6 is 11.6 Å². The second-order valence-corrected chi connectivity index (χ2v) is 4.07. The molecule has 1 fully saturated rings. The number of oxazole rings is 1. The summed E-state index contributed by atoms with van der Waals surface area (Å²) in [5.74, 6) is 3.36. The Bertz CT molecular complexity index is 284. The molecule has 1 saturated carbocycles. The van der Waals surface area contributed by atoms with Crippen molar-refractivity contribution in [2.75, 3.05) is 0 Å². The van der Waals surface area contributed by atoms with E-state index in [9.17, 15) is 0 Å². The molecule has 0 radical (unpaired) electrons. The minimum atomic E-state index is 0.376. The lowest BCUT2D eigenvalue weighted by molar-refractivity contribution is 0.397. The van der Waals surface area contributed by atoms with Gasteiger partial charge in [-0.05, 0) is 18.8 Å². The van der Waals surface area contributed by atoms with E-state index in [-0.39, 0.29) is 0 Å². The molecule has 1 aromatic heterocycles. The summed E-state index contributed by atoms with van der Waals surface area (Å²) in [5, 5.41) is 0. The van der Waals surface area contributed by atoms with Crippen LogP contribution < -0.4 is 0 Å². The molecule has 2 atom stereocenters. The Morgan fingerprint density at radius 2 is 2.46 bits per heavy atom. The van der Waals surface area contributed by atoms with Crippen molar-refractivity contribution < 1.29 is 4.42 Å². The van der Waals surface area contributed by atoms with Crippen molar-refractivity contribution in [3.8, 4) is 0 Å². The SMILES string of the molecule is CC1CCCC1c1cnc(CCl)o1. The van der Waals surface area contributed by atoms with Crippen molar-refractivity contribution in [1.29, 1.82) is 0 Å². The predicted molar refractivity (Wildman–Crippen MR) is 51.8 cm³/mol. The fraction of sp³-hybridized carbons (Fsp3) is 0.700. The van der Waals surface area contributed by atoms with Crippen LogP contribution in [0.5, 0.6) is 0 Å². The Morgan fingerprint density at radius 3 is 3.00 bits per heavy atom. The molecule has 0 spiro atoms. The maximum atomic E-state index is 5.63. The van der Waals surface area contributed by atoms with Gasteiger partial charge in [-0.15, -0.1) is 11.6 Å². The van der Waals surface area contributed by atoms with E-state index in [0.29, 0.717) is 17.7 Å². The summed E-state index contributed by atoms with van der Waals surface area (Å²) in [6.07, 6.45) is 5.69. The lowest BCUT2D eigenvalue weighted by atomic mass is 9.96. The Hall–Kier alpha value is -0.500. The molecule has 0 aromatic carbocycles. The largest absolute Gasteiger partial charge is 0.444 e. The second kappa shape index (κ2) is 3.70. The van der Waals surface area contributed by atoms with Gasteiger partial charge in [0, 0.05) is 5.92 Å². The summed E-state index contributed by atoms with van der Waals surface area (Å²) < 4.78 is 5.54. The molecule has 1 aromatic rings. The van der Waals surface area contributed by atoms with E-state index in [0.717, 1.165) is 11.7 Å². The summed E-state index contributed by atoms with van der Waals surface area (Å²) in [6, 6.07) is 0. The average molecular weight is 200 g/mol. The van der Waals surface area contributed by atoms with Crippen molar-refractivity contribution in [2.24, 2.45) is 5.92 Å². The summed E-state index contributed by atoms with van der Waals surface area (Å²) in [5.41, 5.74) is 0. The maximum Gasteiger partial charge on any atom is 0.209 e. The van der Waals surface area contributed by atoms with Crippen molar-refractivity contribution >= 4 is 11.6 Å². The van der Waals surface area contributed by atoms with E-state index in [4.69, 9.17) is 16.0 Å². The zero-order chi connectivity index (χ0) is 9.26. The highest BCUT2D eigenvalue weighted by atomic mass is 35.5. The average Bonchev–Trinajstić information content (AvgIpc) is 2.71. The smallest absolute Gasteiger partial charge is 0.209 e. The zero-order valence-corrected chi connectivity index (χ0v) is 8.55. The van der Waals surface area contributed by atoms with Gasteiger partial charge in [-0.25, -0.2) is 4.98 Å². The van der Waals surface area contributed by atoms with Gasteiger partial charge in [0.05, 0.1) is 12.1 Å². The highest BCUT2D eigenvalue weighted by Gasteiger charge is 2.27. The number of hydrogen-bond acceptors (Lipinski definition) is 2. The molecule has 1 heterocycles. The fourth-order valence-electron chi connectivity index (χ4n) is 2.13. The number of aromatic nitrogens is 1. The summed E-state index contributed by atoms with van der Waals surface area (Å²) in [7, 11) is 0. The van der Waals surface area contributed by atoms with Crippen LogP contribution in [0.25, 0.3) is 0 Å². The lowest BCUT2D eigenvalue weighted by Crippen LogP contribution is -1.99. The minimum absolute atomic E-state index is 0.376. The molecule has 2 rings (SSSR count). The summed E-state index contributed by atoms with van der Waals surface area (Å²) in [4.78, 5) is 4.12. The lowest BCUT2D eigenvalue weighted by Gasteiger charge is -2.10. The first-order valence-corrected chi connectivity index (χ1v) is 5.35. The Kier molecular flexibility index (Phi) is 2.58. The standard InChI is InChI=1S/C10H14ClNO/c1-7-3-2-4-8(7)9-6-12-10(5-11)13-9/h6-8H,2-5H2,1H3. The predicted octanol–water partition coefficient (Wildman–Crippen LogP) is 3.32. The molecule has 3 heteroatoms. The molecule has 0 bridgehead atoms. The van der Waals surface area contributed by atoms with Crippen LogP contribution in [0.2, 0.25) is 0 Å². The third kappa shape index (κ3) is 1.73. The molecule has 1 aliphatic carbocycles. The third-order valence-corrected chi connectivity index (χ3v) is 3.14. The van der Waals surface area contributed by atoms with Crippen LogP contribution in [0.4, 0.5) is 0 Å². The number of nitrogens with zero attached hydrogens (tertiary/aromatic N) is 1. The van der Waals surface area contributed by atoms with Gasteiger partial charge >= 0.3 is 0 Å². The van der Waals surface area contributed by atoms with Crippen LogP contribution in [-0.2, 0) is 5.88 Å². The van der Waals surface area contributed by atoms with Crippen molar-refractivity contribution in [3.05, 3.63) is 17.8 Å². The van der Waals surface area contributed by atoms with Crippen molar-refractivity contribution in [1.82, 2.24) is 4.98 Å². The van der Waals surface area contributed by atoms with Crippen LogP contribution in [0.1, 0.15) is 43.8 Å². The molecule has 0 amide bonds. The number of alkyl halides is 1. The topological polar surface area (TPSA) is 26.0 Å². The van der Waals surface area contributed by atoms with Gasteiger partial charge in [-0.3, -0.25) is 0 Å². The van der Waals surface area contributed by atoms with E-state index in [1.165, 1.54) is 19.3 Å². The van der Waals surface area contributed by atoms with Crippen LogP contribution in [0.15, 0.2) is 10.6 Å². The van der Waals surface area contributed by atoms with Gasteiger partial charge in [0.1, 0.15) is 5.76 Å². The molecule has 0 N–H and O–H groups in total. The van der Waals surface area contributed by atoms with Gasteiger partial charge < -0.3 is 4.42 Å². The van der Waals surface area contributed by atoms with Gasteiger partial charge in [-0.2, -0.15) is 0 Å². The van der Waals surface area contributed by atoms with Gasteiger partial charge in [0.2, 0.25) is 5.89 Å². The van der Waals surface area contributed by atoms with Crippen molar-refractivity contribution in [2.45, 2.75) is 38.0 Å². The normalized spacial score (nSPS) is 28.2. The molecule has 0 saturated heterocycles. The Balaban J connectivity index is 2.15. The molecule has 2 nitrogen and oxygen atoms in total. The first-order valence-electron chi connectivity index (χ1n) is 4.82. The zero-order valence-electron chi connectivity index (χ0n) is 7.79. The number of rotatable bonds is 2. The molecule has 2 unspecified atom stereocenters. The fourth-order valence-corrected chi connectivity index (χ4v) is 2.25. The summed E-state index contributed by atoms with van der Waals surface area (Å²) in [6.45, 7) is 2.28. The third-order valence-electron chi connectivity index (χ3n) is 2.91. The molecule has 72 valence electrons. The molecule has 13 heavy (non-hydrogen) atoms.